The summed E-state index contributed by atoms with van der Waals surface area (Å²) in [7, 11) is 0. The molecule has 0 radical (unpaired) electrons. The molecular formula is C17H21N3O2. The Bertz CT molecular complexity index is 685. The van der Waals surface area contributed by atoms with E-state index in [0.717, 1.165) is 13.1 Å². The molecule has 0 spiro atoms. The first kappa shape index (κ1) is 14.6. The summed E-state index contributed by atoms with van der Waals surface area (Å²) >= 11 is 0. The molecule has 3 rings (SSSR count). The zero-order valence-corrected chi connectivity index (χ0v) is 13.3. The predicted molar refractivity (Wildman–Crippen MR) is 85.3 cm³/mol. The van der Waals surface area contributed by atoms with Crippen molar-refractivity contribution in [3.63, 3.8) is 0 Å². The molecule has 1 fully saturated rings. The van der Waals surface area contributed by atoms with Gasteiger partial charge in [-0.2, -0.15) is 0 Å². The van der Waals surface area contributed by atoms with Gasteiger partial charge >= 0.3 is 0 Å². The van der Waals surface area contributed by atoms with E-state index in [-0.39, 0.29) is 5.91 Å². The maximum atomic E-state index is 12.4. The summed E-state index contributed by atoms with van der Waals surface area (Å²) in [6, 6.07) is 8.07. The SMILES string of the molecule is Cc1cc(C(=O)N2CCN(c3cccc(C)c3C)CC2)no1. The van der Waals surface area contributed by atoms with E-state index in [1.807, 2.05) is 4.90 Å². The van der Waals surface area contributed by atoms with Gasteiger partial charge in [0.15, 0.2) is 5.69 Å². The maximum Gasteiger partial charge on any atom is 0.276 e. The van der Waals surface area contributed by atoms with Crippen LogP contribution in [-0.4, -0.2) is 42.1 Å². The minimum atomic E-state index is -0.0440. The molecule has 2 aromatic rings. The van der Waals surface area contributed by atoms with Gasteiger partial charge in [-0.1, -0.05) is 17.3 Å². The molecule has 0 saturated carbocycles. The van der Waals surface area contributed by atoms with Crippen molar-refractivity contribution in [3.8, 4) is 0 Å². The van der Waals surface area contributed by atoms with E-state index in [0.29, 0.717) is 24.5 Å². The van der Waals surface area contributed by atoms with E-state index in [1.54, 1.807) is 13.0 Å². The number of aromatic nitrogens is 1. The molecule has 0 bridgehead atoms. The lowest BCUT2D eigenvalue weighted by atomic mass is 10.1. The number of carbonyl (C=O) groups is 1. The lowest BCUT2D eigenvalue weighted by molar-refractivity contribution is 0.0736. The standard InChI is InChI=1S/C17H21N3O2/c1-12-5-4-6-16(14(12)3)19-7-9-20(10-8-19)17(21)15-11-13(2)22-18-15/h4-6,11H,7-10H2,1-3H3. The number of nitrogens with zero attached hydrogens (tertiary/aromatic N) is 3. The van der Waals surface area contributed by atoms with Crippen LogP contribution in [0, 0.1) is 20.8 Å². The molecule has 1 amide bonds. The van der Waals surface area contributed by atoms with Crippen LogP contribution in [0.1, 0.15) is 27.4 Å². The number of benzene rings is 1. The number of piperazine rings is 1. The highest BCUT2D eigenvalue weighted by Crippen LogP contribution is 2.24. The second-order valence-electron chi connectivity index (χ2n) is 5.82. The van der Waals surface area contributed by atoms with Crippen LogP contribution in [0.15, 0.2) is 28.8 Å². The van der Waals surface area contributed by atoms with Crippen LogP contribution in [0.2, 0.25) is 0 Å². The number of hydrogen-bond donors (Lipinski definition) is 0. The van der Waals surface area contributed by atoms with Crippen molar-refractivity contribution in [1.82, 2.24) is 10.1 Å². The molecular weight excluding hydrogens is 278 g/mol. The fourth-order valence-corrected chi connectivity index (χ4v) is 2.86. The lowest BCUT2D eigenvalue weighted by Crippen LogP contribution is -2.49. The topological polar surface area (TPSA) is 49.6 Å². The average Bonchev–Trinajstić information content (AvgIpc) is 2.96. The summed E-state index contributed by atoms with van der Waals surface area (Å²) in [6.45, 7) is 9.17. The van der Waals surface area contributed by atoms with Gasteiger partial charge in [-0.15, -0.1) is 0 Å². The van der Waals surface area contributed by atoms with Crippen molar-refractivity contribution in [3.05, 3.63) is 46.8 Å². The van der Waals surface area contributed by atoms with Gasteiger partial charge in [0.05, 0.1) is 0 Å². The number of amides is 1. The highest BCUT2D eigenvalue weighted by atomic mass is 16.5. The molecule has 1 saturated heterocycles. The summed E-state index contributed by atoms with van der Waals surface area (Å²) in [5, 5.41) is 3.81. The first-order valence-electron chi connectivity index (χ1n) is 7.60. The Kier molecular flexibility index (Phi) is 3.88. The summed E-state index contributed by atoms with van der Waals surface area (Å²) < 4.78 is 4.99. The van der Waals surface area contributed by atoms with Crippen molar-refractivity contribution in [2.45, 2.75) is 20.8 Å². The summed E-state index contributed by atoms with van der Waals surface area (Å²) in [5.41, 5.74) is 4.28. The highest BCUT2D eigenvalue weighted by molar-refractivity contribution is 5.92. The van der Waals surface area contributed by atoms with Crippen LogP contribution < -0.4 is 4.90 Å². The van der Waals surface area contributed by atoms with Gasteiger partial charge in [0, 0.05) is 37.9 Å². The lowest BCUT2D eigenvalue weighted by Gasteiger charge is -2.36. The van der Waals surface area contributed by atoms with Gasteiger partial charge in [0.2, 0.25) is 0 Å². The van der Waals surface area contributed by atoms with E-state index < -0.39 is 0 Å². The Morgan fingerprint density at radius 3 is 2.50 bits per heavy atom. The second-order valence-corrected chi connectivity index (χ2v) is 5.82. The Balaban J connectivity index is 1.67. The van der Waals surface area contributed by atoms with E-state index >= 15 is 0 Å². The molecule has 1 aliphatic rings. The molecule has 0 unspecified atom stereocenters. The number of hydrogen-bond acceptors (Lipinski definition) is 4. The fourth-order valence-electron chi connectivity index (χ4n) is 2.86. The van der Waals surface area contributed by atoms with Crippen LogP contribution in [0.4, 0.5) is 5.69 Å². The van der Waals surface area contributed by atoms with Crippen LogP contribution in [0.5, 0.6) is 0 Å². The largest absolute Gasteiger partial charge is 0.368 e. The van der Waals surface area contributed by atoms with Crippen LogP contribution >= 0.6 is 0 Å². The number of aryl methyl sites for hydroxylation is 2. The molecule has 2 heterocycles. The predicted octanol–water partition coefficient (Wildman–Crippen LogP) is 2.56. The molecule has 116 valence electrons. The zero-order valence-electron chi connectivity index (χ0n) is 13.3. The minimum Gasteiger partial charge on any atom is -0.368 e. The van der Waals surface area contributed by atoms with Gasteiger partial charge in [0.1, 0.15) is 5.76 Å². The molecule has 0 N–H and O–H groups in total. The van der Waals surface area contributed by atoms with E-state index in [2.05, 4.69) is 42.1 Å². The molecule has 1 aliphatic heterocycles. The van der Waals surface area contributed by atoms with E-state index in [9.17, 15) is 4.79 Å². The quantitative estimate of drug-likeness (QED) is 0.855. The molecule has 5 heteroatoms. The van der Waals surface area contributed by atoms with Crippen LogP contribution in [-0.2, 0) is 0 Å². The molecule has 0 aliphatic carbocycles. The average molecular weight is 299 g/mol. The van der Waals surface area contributed by atoms with Crippen LogP contribution in [0.25, 0.3) is 0 Å². The van der Waals surface area contributed by atoms with Gasteiger partial charge in [0.25, 0.3) is 5.91 Å². The molecule has 22 heavy (non-hydrogen) atoms. The number of anilines is 1. The van der Waals surface area contributed by atoms with E-state index in [4.69, 9.17) is 4.52 Å². The third-order valence-electron chi connectivity index (χ3n) is 4.33. The second kappa shape index (κ2) is 5.83. The van der Waals surface area contributed by atoms with Crippen molar-refractivity contribution in [2.75, 3.05) is 31.1 Å². The smallest absolute Gasteiger partial charge is 0.276 e. The molecule has 0 atom stereocenters. The van der Waals surface area contributed by atoms with Crippen LogP contribution in [0.3, 0.4) is 0 Å². The fraction of sp³-hybridized carbons (Fsp3) is 0.412. The molecule has 1 aromatic heterocycles. The Hall–Kier alpha value is -2.30. The normalized spacial score (nSPS) is 15.2. The highest BCUT2D eigenvalue weighted by Gasteiger charge is 2.24. The Labute approximate surface area is 130 Å². The minimum absolute atomic E-state index is 0.0440. The van der Waals surface area contributed by atoms with Gasteiger partial charge < -0.3 is 14.3 Å². The maximum absolute atomic E-state index is 12.4. The number of rotatable bonds is 2. The van der Waals surface area contributed by atoms with Crippen molar-refractivity contribution >= 4 is 11.6 Å². The summed E-state index contributed by atoms with van der Waals surface area (Å²) in [4.78, 5) is 16.6. The van der Waals surface area contributed by atoms with Gasteiger partial charge in [-0.05, 0) is 38.0 Å². The first-order valence-corrected chi connectivity index (χ1v) is 7.60. The molecule has 1 aromatic carbocycles. The zero-order chi connectivity index (χ0) is 15.7. The van der Waals surface area contributed by atoms with E-state index in [1.165, 1.54) is 16.8 Å². The van der Waals surface area contributed by atoms with Crippen molar-refractivity contribution < 1.29 is 9.32 Å². The Morgan fingerprint density at radius 1 is 1.14 bits per heavy atom. The third kappa shape index (κ3) is 2.71. The van der Waals surface area contributed by atoms with Gasteiger partial charge in [-0.3, -0.25) is 4.79 Å². The Morgan fingerprint density at radius 2 is 1.86 bits per heavy atom. The summed E-state index contributed by atoms with van der Waals surface area (Å²) in [5.74, 6) is 0.620. The van der Waals surface area contributed by atoms with Gasteiger partial charge in [-0.25, -0.2) is 0 Å². The monoisotopic (exact) mass is 299 g/mol. The van der Waals surface area contributed by atoms with Crippen molar-refractivity contribution in [2.24, 2.45) is 0 Å². The first-order chi connectivity index (χ1) is 10.6. The van der Waals surface area contributed by atoms with Crippen molar-refractivity contribution in [1.29, 1.82) is 0 Å². The third-order valence-corrected chi connectivity index (χ3v) is 4.33. The number of carbonyl (C=O) groups excluding carboxylic acids is 1. The molecule has 5 nitrogen and oxygen atoms in total. The summed E-state index contributed by atoms with van der Waals surface area (Å²) in [6.07, 6.45) is 0.